The van der Waals surface area contributed by atoms with Gasteiger partial charge in [-0.05, 0) is 65.1 Å². The smallest absolute Gasteiger partial charge is 0.264 e. The third kappa shape index (κ3) is 5.59. The van der Waals surface area contributed by atoms with E-state index in [4.69, 9.17) is 11.6 Å². The average Bonchev–Trinajstić information content (AvgIpc) is 2.75. The van der Waals surface area contributed by atoms with Crippen LogP contribution in [0.15, 0.2) is 88.9 Å². The number of benzene rings is 3. The summed E-state index contributed by atoms with van der Waals surface area (Å²) in [5.74, 6) is -0.587. The minimum Gasteiger partial charge on any atom is -0.271 e. The molecule has 0 bridgehead atoms. The van der Waals surface area contributed by atoms with Gasteiger partial charge in [-0.25, -0.2) is 13.8 Å². The van der Waals surface area contributed by atoms with Crippen molar-refractivity contribution in [3.05, 3.63) is 93.0 Å². The van der Waals surface area contributed by atoms with E-state index in [1.54, 1.807) is 66.7 Å². The number of hydrogen-bond acceptors (Lipinski definition) is 4. The van der Waals surface area contributed by atoms with Crippen molar-refractivity contribution < 1.29 is 13.2 Å². The van der Waals surface area contributed by atoms with Gasteiger partial charge in [0.1, 0.15) is 6.54 Å². The van der Waals surface area contributed by atoms with E-state index in [1.807, 2.05) is 0 Å². The molecule has 0 unspecified atom stereocenters. The quantitative estimate of drug-likeness (QED) is 0.269. The second-order valence-corrected chi connectivity index (χ2v) is 9.63. The van der Waals surface area contributed by atoms with E-state index in [-0.39, 0.29) is 4.90 Å². The lowest BCUT2D eigenvalue weighted by molar-refractivity contribution is -0.119. The first-order valence-electron chi connectivity index (χ1n) is 8.78. The van der Waals surface area contributed by atoms with Crippen LogP contribution in [-0.2, 0) is 14.8 Å². The lowest BCUT2D eigenvalue weighted by Gasteiger charge is -2.23. The van der Waals surface area contributed by atoms with Crippen LogP contribution in [0.3, 0.4) is 0 Å². The van der Waals surface area contributed by atoms with Gasteiger partial charge in [-0.1, -0.05) is 48.0 Å². The zero-order valence-corrected chi connectivity index (χ0v) is 19.3. The van der Waals surface area contributed by atoms with Gasteiger partial charge in [-0.3, -0.25) is 9.10 Å². The molecule has 6 nitrogen and oxygen atoms in total. The van der Waals surface area contributed by atoms with Gasteiger partial charge in [0.2, 0.25) is 0 Å². The normalized spacial score (nSPS) is 11.4. The average molecular weight is 554 g/mol. The molecule has 0 saturated heterocycles. The lowest BCUT2D eigenvalue weighted by atomic mass is 10.2. The van der Waals surface area contributed by atoms with Crippen molar-refractivity contribution in [2.45, 2.75) is 4.90 Å². The summed E-state index contributed by atoms with van der Waals surface area (Å²) in [5, 5.41) is 4.37. The van der Waals surface area contributed by atoms with Gasteiger partial charge < -0.3 is 0 Å². The summed E-state index contributed by atoms with van der Waals surface area (Å²) in [5.41, 5.74) is 3.37. The number of hydrazone groups is 1. The van der Waals surface area contributed by atoms with Crippen LogP contribution in [0.1, 0.15) is 5.56 Å². The number of carbonyl (C=O) groups is 1. The molecule has 154 valence electrons. The van der Waals surface area contributed by atoms with Crippen LogP contribution in [0.5, 0.6) is 0 Å². The van der Waals surface area contributed by atoms with Gasteiger partial charge in [0.05, 0.1) is 16.8 Å². The van der Waals surface area contributed by atoms with Gasteiger partial charge in [-0.15, -0.1) is 0 Å². The largest absolute Gasteiger partial charge is 0.271 e. The molecule has 30 heavy (non-hydrogen) atoms. The van der Waals surface area contributed by atoms with Crippen molar-refractivity contribution in [1.82, 2.24) is 5.43 Å². The number of nitrogens with one attached hydrogen (secondary N) is 1. The Hall–Kier alpha value is -2.43. The van der Waals surface area contributed by atoms with Gasteiger partial charge >= 0.3 is 0 Å². The molecule has 0 spiro atoms. The predicted molar refractivity (Wildman–Crippen MR) is 127 cm³/mol. The molecule has 3 rings (SSSR count). The van der Waals surface area contributed by atoms with Crippen molar-refractivity contribution in [2.75, 3.05) is 10.8 Å². The van der Waals surface area contributed by atoms with Gasteiger partial charge in [0, 0.05) is 14.2 Å². The molecular weight excluding hydrogens is 537 g/mol. The Morgan fingerprint density at radius 3 is 2.30 bits per heavy atom. The lowest BCUT2D eigenvalue weighted by Crippen LogP contribution is -2.39. The highest BCUT2D eigenvalue weighted by atomic mass is 127. The first kappa shape index (κ1) is 22.3. The summed E-state index contributed by atoms with van der Waals surface area (Å²) in [6.45, 7) is -0.433. The first-order valence-corrected chi connectivity index (χ1v) is 11.7. The molecule has 0 aliphatic rings. The molecule has 1 amide bonds. The van der Waals surface area contributed by atoms with Gasteiger partial charge in [-0.2, -0.15) is 5.10 Å². The number of hydrogen-bond donors (Lipinski definition) is 1. The maximum Gasteiger partial charge on any atom is 0.264 e. The van der Waals surface area contributed by atoms with E-state index in [0.717, 1.165) is 7.88 Å². The van der Waals surface area contributed by atoms with E-state index in [0.29, 0.717) is 16.3 Å². The molecule has 3 aromatic rings. The Labute approximate surface area is 193 Å². The minimum atomic E-state index is -3.95. The topological polar surface area (TPSA) is 78.8 Å². The third-order valence-corrected chi connectivity index (χ3v) is 6.88. The molecule has 0 heterocycles. The highest BCUT2D eigenvalue weighted by Gasteiger charge is 2.27. The molecule has 1 N–H and O–H groups in total. The monoisotopic (exact) mass is 553 g/mol. The summed E-state index contributed by atoms with van der Waals surface area (Å²) < 4.78 is 28.4. The number of carbonyl (C=O) groups excluding carboxylic acids is 1. The molecule has 3 aromatic carbocycles. The highest BCUT2D eigenvalue weighted by Crippen LogP contribution is 2.24. The van der Waals surface area contributed by atoms with E-state index in [1.165, 1.54) is 18.3 Å². The summed E-state index contributed by atoms with van der Waals surface area (Å²) in [7, 11) is -3.95. The van der Waals surface area contributed by atoms with E-state index < -0.39 is 22.5 Å². The van der Waals surface area contributed by atoms with Gasteiger partial charge in [0.25, 0.3) is 15.9 Å². The SMILES string of the molecule is O=C(CN(c1ccc(I)cc1)S(=O)(=O)c1ccccc1)N/N=C\c1ccccc1Cl. The van der Waals surface area contributed by atoms with Crippen LogP contribution in [0.25, 0.3) is 0 Å². The van der Waals surface area contributed by atoms with E-state index in [9.17, 15) is 13.2 Å². The zero-order chi connectivity index (χ0) is 21.6. The zero-order valence-electron chi connectivity index (χ0n) is 15.6. The maximum atomic E-state index is 13.2. The Bertz CT molecular complexity index is 1150. The Morgan fingerprint density at radius 1 is 1.00 bits per heavy atom. The molecule has 0 aliphatic heterocycles. The van der Waals surface area contributed by atoms with Crippen LogP contribution >= 0.6 is 34.2 Å². The molecule has 0 atom stereocenters. The van der Waals surface area contributed by atoms with Crippen molar-refractivity contribution in [2.24, 2.45) is 5.10 Å². The number of amides is 1. The van der Waals surface area contributed by atoms with Crippen LogP contribution in [0, 0.1) is 3.57 Å². The van der Waals surface area contributed by atoms with Crippen molar-refractivity contribution >= 4 is 62.0 Å². The van der Waals surface area contributed by atoms with Crippen LogP contribution < -0.4 is 9.73 Å². The molecule has 9 heteroatoms. The molecule has 0 aromatic heterocycles. The molecule has 0 fully saturated rings. The summed E-state index contributed by atoms with van der Waals surface area (Å²) in [6.07, 6.45) is 1.40. The fourth-order valence-electron chi connectivity index (χ4n) is 2.56. The van der Waals surface area contributed by atoms with Crippen LogP contribution in [0.4, 0.5) is 5.69 Å². The second-order valence-electron chi connectivity index (χ2n) is 6.12. The summed E-state index contributed by atoms with van der Waals surface area (Å²) in [4.78, 5) is 12.6. The second kappa shape index (κ2) is 10.1. The van der Waals surface area contributed by atoms with Crippen molar-refractivity contribution in [3.63, 3.8) is 0 Å². The summed E-state index contributed by atoms with van der Waals surface area (Å²) >= 11 is 8.18. The fourth-order valence-corrected chi connectivity index (χ4v) is 4.55. The number of rotatable bonds is 7. The molecule has 0 radical (unpaired) electrons. The van der Waals surface area contributed by atoms with Crippen LogP contribution in [0.2, 0.25) is 5.02 Å². The number of halogens is 2. The summed E-state index contributed by atoms with van der Waals surface area (Å²) in [6, 6.07) is 21.9. The third-order valence-electron chi connectivity index (χ3n) is 4.03. The van der Waals surface area contributed by atoms with Crippen molar-refractivity contribution in [3.8, 4) is 0 Å². The Morgan fingerprint density at radius 2 is 1.63 bits per heavy atom. The van der Waals surface area contributed by atoms with E-state index in [2.05, 4.69) is 33.1 Å². The molecule has 0 aliphatic carbocycles. The number of anilines is 1. The van der Waals surface area contributed by atoms with Gasteiger partial charge in [0.15, 0.2) is 0 Å². The van der Waals surface area contributed by atoms with Crippen LogP contribution in [-0.4, -0.2) is 27.1 Å². The maximum absolute atomic E-state index is 13.2. The number of nitrogens with zero attached hydrogens (tertiary/aromatic N) is 2. The molecular formula is C21H17ClIN3O3S. The Balaban J connectivity index is 1.83. The molecule has 0 saturated carbocycles. The predicted octanol–water partition coefficient (Wildman–Crippen LogP) is 4.29. The fraction of sp³-hybridized carbons (Fsp3) is 0.0476. The highest BCUT2D eigenvalue weighted by molar-refractivity contribution is 14.1. The number of sulfonamides is 1. The van der Waals surface area contributed by atoms with Crippen molar-refractivity contribution in [1.29, 1.82) is 0 Å². The van der Waals surface area contributed by atoms with E-state index >= 15 is 0 Å². The minimum absolute atomic E-state index is 0.0934. The first-order chi connectivity index (χ1) is 14.4. The Kier molecular flexibility index (Phi) is 7.46. The standard InChI is InChI=1S/C21H17ClIN3O3S/c22-20-9-5-4-6-16(20)14-24-25-21(27)15-26(18-12-10-17(23)11-13-18)30(28,29)19-7-2-1-3-8-19/h1-14H,15H2,(H,25,27)/b24-14-.